The molecule has 14 heavy (non-hydrogen) atoms. The quantitative estimate of drug-likeness (QED) is 0.382. The Labute approximate surface area is 90.5 Å². The Morgan fingerprint density at radius 3 is 3.07 bits per heavy atom. The number of rotatable bonds is 2. The Bertz CT molecular complexity index is 231. The largest absolute Gasteiger partial charge is 0.313 e. The molecule has 3 N–H and O–H groups in total. The van der Waals surface area contributed by atoms with Crippen molar-refractivity contribution in [2.45, 2.75) is 25.0 Å². The van der Waals surface area contributed by atoms with Crippen molar-refractivity contribution in [1.29, 1.82) is 0 Å². The molecule has 0 aromatic heterocycles. The van der Waals surface area contributed by atoms with Crippen molar-refractivity contribution in [1.82, 2.24) is 21.1 Å². The van der Waals surface area contributed by atoms with Gasteiger partial charge in [-0.2, -0.15) is 0 Å². The van der Waals surface area contributed by atoms with Gasteiger partial charge in [-0.1, -0.05) is 13.0 Å². The van der Waals surface area contributed by atoms with Crippen molar-refractivity contribution in [3.63, 3.8) is 0 Å². The van der Waals surface area contributed by atoms with Crippen LogP contribution in [-0.2, 0) is 0 Å². The van der Waals surface area contributed by atoms with E-state index in [1.807, 2.05) is 0 Å². The first kappa shape index (κ1) is 10.4. The van der Waals surface area contributed by atoms with E-state index in [0.717, 1.165) is 26.1 Å². The lowest BCUT2D eigenvalue weighted by molar-refractivity contribution is 0.262. The molecule has 0 saturated carbocycles. The van der Waals surface area contributed by atoms with Crippen LogP contribution in [0.3, 0.4) is 0 Å². The van der Waals surface area contributed by atoms with E-state index in [9.17, 15) is 0 Å². The first-order chi connectivity index (χ1) is 6.83. The predicted molar refractivity (Wildman–Crippen MR) is 60.8 cm³/mol. The van der Waals surface area contributed by atoms with E-state index in [-0.39, 0.29) is 5.50 Å². The normalized spacial score (nSPS) is 34.6. The number of hydrogen-bond donors (Lipinski definition) is 4. The van der Waals surface area contributed by atoms with E-state index < -0.39 is 0 Å². The van der Waals surface area contributed by atoms with Crippen molar-refractivity contribution < 1.29 is 0 Å². The molecule has 0 amide bonds. The third kappa shape index (κ3) is 1.97. The van der Waals surface area contributed by atoms with Gasteiger partial charge in [0.1, 0.15) is 5.50 Å². The lowest BCUT2D eigenvalue weighted by Gasteiger charge is -2.28. The van der Waals surface area contributed by atoms with Gasteiger partial charge in [0.15, 0.2) is 0 Å². The molecule has 2 atom stereocenters. The highest BCUT2D eigenvalue weighted by Gasteiger charge is 2.31. The predicted octanol–water partition coefficient (Wildman–Crippen LogP) is -0.125. The highest BCUT2D eigenvalue weighted by Crippen LogP contribution is 2.19. The molecule has 2 aliphatic rings. The number of nitrogens with one attached hydrogen (secondary N) is 3. The van der Waals surface area contributed by atoms with Crippen LogP contribution in [0.1, 0.15) is 13.3 Å². The zero-order valence-corrected chi connectivity index (χ0v) is 9.35. The van der Waals surface area contributed by atoms with Gasteiger partial charge >= 0.3 is 0 Å². The van der Waals surface area contributed by atoms with Crippen molar-refractivity contribution in [2.75, 3.05) is 19.6 Å². The second-order valence-electron chi connectivity index (χ2n) is 3.63. The molecule has 0 bridgehead atoms. The minimum atomic E-state index is 0.126. The summed E-state index contributed by atoms with van der Waals surface area (Å²) in [7, 11) is 0. The Balaban J connectivity index is 2.06. The minimum Gasteiger partial charge on any atom is -0.313 e. The monoisotopic (exact) mass is 214 g/mol. The van der Waals surface area contributed by atoms with Crippen LogP contribution in [0.2, 0.25) is 0 Å². The second-order valence-corrected chi connectivity index (χ2v) is 4.12. The molecule has 2 aliphatic heterocycles. The van der Waals surface area contributed by atoms with Gasteiger partial charge in [-0.25, -0.2) is 10.9 Å². The number of likely N-dealkylation sites (N-methyl/N-ethyl adjacent to an activating group) is 1. The molecular formula is C9H18N4S. The first-order valence-corrected chi connectivity index (χ1v) is 5.69. The molecule has 0 aliphatic carbocycles. The van der Waals surface area contributed by atoms with E-state index in [4.69, 9.17) is 0 Å². The number of thiol groups is 1. The SMILES string of the molecule is CCN1C(S)NNC1C1=CCNCC1. The standard InChI is InChI=1S/C9H18N4S/c1-2-13-8(11-12-9(13)14)7-3-5-10-6-4-7/h3,8-12,14H,2,4-6H2,1H3. The topological polar surface area (TPSA) is 39.3 Å². The van der Waals surface area contributed by atoms with Crippen LogP contribution in [0.25, 0.3) is 0 Å². The maximum Gasteiger partial charge on any atom is 0.119 e. The average Bonchev–Trinajstić information content (AvgIpc) is 2.61. The Kier molecular flexibility index (Phi) is 3.46. The molecule has 2 unspecified atom stereocenters. The molecule has 2 heterocycles. The highest BCUT2D eigenvalue weighted by molar-refractivity contribution is 7.80. The Hall–Kier alpha value is -0.0700. The van der Waals surface area contributed by atoms with Gasteiger partial charge < -0.3 is 5.32 Å². The molecule has 1 fully saturated rings. The number of hydrogen-bond acceptors (Lipinski definition) is 5. The van der Waals surface area contributed by atoms with Crippen LogP contribution >= 0.6 is 12.6 Å². The Morgan fingerprint density at radius 2 is 2.43 bits per heavy atom. The maximum atomic E-state index is 4.46. The van der Waals surface area contributed by atoms with Gasteiger partial charge in [-0.15, -0.1) is 12.6 Å². The summed E-state index contributed by atoms with van der Waals surface area (Å²) in [5.74, 6) is 0. The molecular weight excluding hydrogens is 196 g/mol. The Morgan fingerprint density at radius 1 is 1.57 bits per heavy atom. The van der Waals surface area contributed by atoms with Gasteiger partial charge in [0, 0.05) is 6.54 Å². The fourth-order valence-electron chi connectivity index (χ4n) is 2.01. The summed E-state index contributed by atoms with van der Waals surface area (Å²) < 4.78 is 0. The molecule has 1 saturated heterocycles. The summed E-state index contributed by atoms with van der Waals surface area (Å²) in [5.41, 5.74) is 8.02. The maximum absolute atomic E-state index is 4.46. The minimum absolute atomic E-state index is 0.126. The van der Waals surface area contributed by atoms with Crippen molar-refractivity contribution in [3.05, 3.63) is 11.6 Å². The molecule has 2 rings (SSSR count). The summed E-state index contributed by atoms with van der Waals surface area (Å²) >= 11 is 4.46. The number of nitrogens with zero attached hydrogens (tertiary/aromatic N) is 1. The van der Waals surface area contributed by atoms with Gasteiger partial charge in [0.25, 0.3) is 0 Å². The van der Waals surface area contributed by atoms with Crippen LogP contribution in [0.15, 0.2) is 11.6 Å². The van der Waals surface area contributed by atoms with E-state index in [1.165, 1.54) is 5.57 Å². The third-order valence-electron chi connectivity index (χ3n) is 2.81. The van der Waals surface area contributed by atoms with Gasteiger partial charge in [-0.3, -0.25) is 4.90 Å². The molecule has 80 valence electrons. The average molecular weight is 214 g/mol. The van der Waals surface area contributed by atoms with Crippen LogP contribution in [0.5, 0.6) is 0 Å². The molecule has 5 heteroatoms. The fourth-order valence-corrected chi connectivity index (χ4v) is 2.38. The highest BCUT2D eigenvalue weighted by atomic mass is 32.1. The van der Waals surface area contributed by atoms with E-state index in [1.54, 1.807) is 0 Å². The molecule has 4 nitrogen and oxygen atoms in total. The van der Waals surface area contributed by atoms with Crippen LogP contribution in [0.4, 0.5) is 0 Å². The summed E-state index contributed by atoms with van der Waals surface area (Å²) in [4.78, 5) is 2.31. The molecule has 0 aromatic rings. The van der Waals surface area contributed by atoms with Crippen LogP contribution in [-0.4, -0.2) is 36.2 Å². The van der Waals surface area contributed by atoms with Crippen molar-refractivity contribution in [2.24, 2.45) is 0 Å². The van der Waals surface area contributed by atoms with Gasteiger partial charge in [-0.05, 0) is 25.1 Å². The zero-order valence-electron chi connectivity index (χ0n) is 8.45. The lowest BCUT2D eigenvalue weighted by atomic mass is 10.1. The van der Waals surface area contributed by atoms with E-state index in [2.05, 4.69) is 46.7 Å². The smallest absolute Gasteiger partial charge is 0.119 e. The number of hydrazine groups is 1. The molecule has 0 aromatic carbocycles. The summed E-state index contributed by atoms with van der Waals surface area (Å²) in [6.45, 7) is 5.23. The van der Waals surface area contributed by atoms with E-state index in [0.29, 0.717) is 6.17 Å². The van der Waals surface area contributed by atoms with Crippen LogP contribution < -0.4 is 16.2 Å². The fraction of sp³-hybridized carbons (Fsp3) is 0.778. The second kappa shape index (κ2) is 4.63. The van der Waals surface area contributed by atoms with Crippen LogP contribution in [0, 0.1) is 0 Å². The van der Waals surface area contributed by atoms with Crippen molar-refractivity contribution >= 4 is 12.6 Å². The van der Waals surface area contributed by atoms with E-state index >= 15 is 0 Å². The zero-order chi connectivity index (χ0) is 9.97. The summed E-state index contributed by atoms with van der Waals surface area (Å²) in [6.07, 6.45) is 3.72. The van der Waals surface area contributed by atoms with Crippen molar-refractivity contribution in [3.8, 4) is 0 Å². The lowest BCUT2D eigenvalue weighted by Crippen LogP contribution is -2.41. The summed E-state index contributed by atoms with van der Waals surface area (Å²) in [5, 5.41) is 3.32. The van der Waals surface area contributed by atoms with Gasteiger partial charge in [0.05, 0.1) is 6.17 Å². The summed E-state index contributed by atoms with van der Waals surface area (Å²) in [6, 6.07) is 0. The molecule has 0 spiro atoms. The molecule has 0 radical (unpaired) electrons. The van der Waals surface area contributed by atoms with Gasteiger partial charge in [0.2, 0.25) is 0 Å². The first-order valence-electron chi connectivity index (χ1n) is 5.17. The third-order valence-corrected chi connectivity index (χ3v) is 3.24.